The van der Waals surface area contributed by atoms with Crippen LogP contribution >= 0.6 is 0 Å². The van der Waals surface area contributed by atoms with Crippen molar-refractivity contribution in [2.45, 2.75) is 26.2 Å². The number of nitrogens with zero attached hydrogens (tertiary/aromatic N) is 2. The maximum absolute atomic E-state index is 14.2. The Labute approximate surface area is 264 Å². The molecular weight excluding hydrogens is 618 g/mol. The van der Waals surface area contributed by atoms with Gasteiger partial charge in [-0.1, -0.05) is 42.0 Å². The number of hydrogen-bond acceptors (Lipinski definition) is 2. The van der Waals surface area contributed by atoms with Gasteiger partial charge in [-0.25, -0.2) is 0 Å². The highest BCUT2D eigenvalue weighted by Gasteiger charge is 2.37. The average Bonchev–Trinajstić information content (AvgIpc) is 3.46. The minimum atomic E-state index is -4.61. The van der Waals surface area contributed by atoms with Crippen molar-refractivity contribution >= 4 is 33.6 Å². The minimum Gasteiger partial charge on any atom is -0.308 e. The number of alkyl halides is 6. The summed E-state index contributed by atoms with van der Waals surface area (Å²) in [5, 5.41) is 1.15. The second-order valence-electron chi connectivity index (χ2n) is 11.7. The zero-order valence-corrected chi connectivity index (χ0v) is 25.1. The van der Waals surface area contributed by atoms with Crippen molar-refractivity contribution in [2.24, 2.45) is 0 Å². The number of benzene rings is 5. The number of aromatic nitrogens is 1. The molecule has 1 aromatic heterocycles. The van der Waals surface area contributed by atoms with Gasteiger partial charge in [-0.15, -0.1) is 0 Å². The van der Waals surface area contributed by atoms with Crippen molar-refractivity contribution in [3.63, 3.8) is 0 Å². The molecule has 1 aliphatic heterocycles. The molecule has 4 nitrogen and oxygen atoms in total. The number of amides is 2. The van der Waals surface area contributed by atoms with Crippen LogP contribution in [0, 0.1) is 13.8 Å². The van der Waals surface area contributed by atoms with E-state index in [1.54, 1.807) is 79.1 Å². The van der Waals surface area contributed by atoms with E-state index < -0.39 is 35.3 Å². The second kappa shape index (κ2) is 10.3. The van der Waals surface area contributed by atoms with Gasteiger partial charge in [0.15, 0.2) is 0 Å². The molecular formula is C37H24F6N2O2. The maximum atomic E-state index is 14.2. The number of hydrogen-bond donors (Lipinski definition) is 0. The van der Waals surface area contributed by atoms with Crippen molar-refractivity contribution in [1.29, 1.82) is 0 Å². The van der Waals surface area contributed by atoms with Crippen LogP contribution in [0.4, 0.5) is 26.3 Å². The molecule has 0 radical (unpaired) electrons. The Balaban J connectivity index is 1.53. The molecule has 0 saturated carbocycles. The van der Waals surface area contributed by atoms with Crippen molar-refractivity contribution < 1.29 is 35.9 Å². The molecule has 2 heterocycles. The third kappa shape index (κ3) is 4.78. The number of aryl methyl sites for hydroxylation is 2. The lowest BCUT2D eigenvalue weighted by Gasteiger charge is -2.15. The van der Waals surface area contributed by atoms with E-state index >= 15 is 0 Å². The molecule has 7 rings (SSSR count). The van der Waals surface area contributed by atoms with E-state index in [2.05, 4.69) is 0 Å². The fourth-order valence-corrected chi connectivity index (χ4v) is 6.50. The standard InChI is InChI=1S/C37H24F6N2O2/c1-19-7-11-25(29(15-19)37(41,42)43)22-9-14-31-28(18-22)27-17-21(24-12-10-23(16-20(24)2)36(38,39)40)8-13-30(27)45(31)32-6-4-5-26-33(32)35(47)44(3)34(26)46/h4-18H,1-3H3. The quantitative estimate of drug-likeness (QED) is 0.142. The second-order valence-corrected chi connectivity index (χ2v) is 11.7. The first-order valence-corrected chi connectivity index (χ1v) is 14.6. The number of imide groups is 1. The van der Waals surface area contributed by atoms with Gasteiger partial charge in [0.2, 0.25) is 0 Å². The van der Waals surface area contributed by atoms with E-state index in [0.29, 0.717) is 55.3 Å². The highest BCUT2D eigenvalue weighted by atomic mass is 19.4. The Hall–Kier alpha value is -5.38. The van der Waals surface area contributed by atoms with Crippen LogP contribution in [0.15, 0.2) is 91.0 Å². The van der Waals surface area contributed by atoms with Gasteiger partial charge in [0, 0.05) is 17.8 Å². The number of rotatable bonds is 3. The highest BCUT2D eigenvalue weighted by Crippen LogP contribution is 2.43. The molecule has 0 bridgehead atoms. The molecule has 1 aliphatic rings. The first-order valence-electron chi connectivity index (χ1n) is 14.6. The molecule has 0 fully saturated rings. The number of fused-ring (bicyclic) bond motifs is 4. The van der Waals surface area contributed by atoms with Crippen LogP contribution < -0.4 is 0 Å². The van der Waals surface area contributed by atoms with Gasteiger partial charge in [0.05, 0.1) is 39.0 Å². The fourth-order valence-electron chi connectivity index (χ4n) is 6.50. The zero-order valence-electron chi connectivity index (χ0n) is 25.1. The van der Waals surface area contributed by atoms with E-state index in [0.717, 1.165) is 23.1 Å². The Morgan fingerprint density at radius 1 is 0.596 bits per heavy atom. The zero-order chi connectivity index (χ0) is 33.6. The lowest BCUT2D eigenvalue weighted by molar-refractivity contribution is -0.138. The summed E-state index contributed by atoms with van der Waals surface area (Å²) < 4.78 is 84.5. The Morgan fingerprint density at radius 3 is 1.81 bits per heavy atom. The van der Waals surface area contributed by atoms with Crippen LogP contribution in [0.3, 0.4) is 0 Å². The summed E-state index contributed by atoms with van der Waals surface area (Å²) in [6.45, 7) is 3.17. The molecule has 47 heavy (non-hydrogen) atoms. The maximum Gasteiger partial charge on any atom is 0.417 e. The average molecular weight is 643 g/mol. The summed E-state index contributed by atoms with van der Waals surface area (Å²) in [4.78, 5) is 27.1. The predicted octanol–water partition coefficient (Wildman–Crippen LogP) is 10.00. The van der Waals surface area contributed by atoms with Crippen LogP contribution in [0.1, 0.15) is 43.0 Å². The van der Waals surface area contributed by atoms with Gasteiger partial charge in [-0.3, -0.25) is 14.5 Å². The highest BCUT2D eigenvalue weighted by molar-refractivity contribution is 6.23. The van der Waals surface area contributed by atoms with E-state index in [-0.39, 0.29) is 16.7 Å². The number of carbonyl (C=O) groups is 2. The molecule has 0 aliphatic carbocycles. The van der Waals surface area contributed by atoms with Crippen molar-refractivity contribution in [3.05, 3.63) is 124 Å². The topological polar surface area (TPSA) is 42.3 Å². The van der Waals surface area contributed by atoms with Crippen molar-refractivity contribution in [3.8, 4) is 27.9 Å². The Bertz CT molecular complexity index is 2310. The largest absolute Gasteiger partial charge is 0.417 e. The fraction of sp³-hybridized carbons (Fsp3) is 0.135. The Morgan fingerprint density at radius 2 is 1.21 bits per heavy atom. The van der Waals surface area contributed by atoms with Gasteiger partial charge in [0.25, 0.3) is 11.8 Å². The minimum absolute atomic E-state index is 0.0105. The molecule has 0 saturated heterocycles. The summed E-state index contributed by atoms with van der Waals surface area (Å²) in [6, 6.07) is 22.8. The van der Waals surface area contributed by atoms with Crippen molar-refractivity contribution in [2.75, 3.05) is 7.05 Å². The summed E-state index contributed by atoms with van der Waals surface area (Å²) in [5.74, 6) is -0.937. The lowest BCUT2D eigenvalue weighted by atomic mass is 9.95. The van der Waals surface area contributed by atoms with Gasteiger partial charge in [-0.05, 0) is 96.3 Å². The summed E-state index contributed by atoms with van der Waals surface area (Å²) >= 11 is 0. The van der Waals surface area contributed by atoms with Crippen LogP contribution in [0.5, 0.6) is 0 Å². The van der Waals surface area contributed by atoms with Crippen LogP contribution in [-0.2, 0) is 12.4 Å². The third-order valence-corrected chi connectivity index (χ3v) is 8.76. The van der Waals surface area contributed by atoms with E-state index in [1.807, 2.05) is 0 Å². The monoisotopic (exact) mass is 642 g/mol. The molecule has 0 atom stereocenters. The van der Waals surface area contributed by atoms with E-state index in [1.165, 1.54) is 19.2 Å². The van der Waals surface area contributed by atoms with Crippen LogP contribution in [-0.4, -0.2) is 28.3 Å². The lowest BCUT2D eigenvalue weighted by Crippen LogP contribution is -2.24. The van der Waals surface area contributed by atoms with Crippen molar-refractivity contribution in [1.82, 2.24) is 9.47 Å². The summed E-state index contributed by atoms with van der Waals surface area (Å²) in [6.07, 6.45) is -9.12. The molecule has 6 aromatic rings. The molecule has 2 amide bonds. The number of halogens is 6. The molecule has 5 aromatic carbocycles. The Kier molecular flexibility index (Phi) is 6.65. The molecule has 0 spiro atoms. The van der Waals surface area contributed by atoms with Crippen LogP contribution in [0.2, 0.25) is 0 Å². The third-order valence-electron chi connectivity index (χ3n) is 8.76. The first-order chi connectivity index (χ1) is 22.1. The SMILES string of the molecule is Cc1ccc(-c2ccc3c(c2)c2cc(-c4ccc(C(F)(F)F)cc4C)ccc2n3-c2cccc3c2C(=O)N(C)C3=O)c(C(F)(F)F)c1. The first kappa shape index (κ1) is 30.3. The molecule has 10 heteroatoms. The van der Waals surface area contributed by atoms with E-state index in [4.69, 9.17) is 0 Å². The van der Waals surface area contributed by atoms with E-state index in [9.17, 15) is 35.9 Å². The van der Waals surface area contributed by atoms with Gasteiger partial charge < -0.3 is 4.57 Å². The van der Waals surface area contributed by atoms with Gasteiger partial charge in [-0.2, -0.15) is 26.3 Å². The normalized spacial score (nSPS) is 13.7. The van der Waals surface area contributed by atoms with Gasteiger partial charge >= 0.3 is 12.4 Å². The molecule has 236 valence electrons. The van der Waals surface area contributed by atoms with Gasteiger partial charge in [0.1, 0.15) is 0 Å². The van der Waals surface area contributed by atoms with Crippen LogP contribution in [0.25, 0.3) is 49.7 Å². The smallest absolute Gasteiger partial charge is 0.308 e. The summed E-state index contributed by atoms with van der Waals surface area (Å²) in [5.41, 5.74) is 2.75. The molecule has 0 N–H and O–H groups in total. The predicted molar refractivity (Wildman–Crippen MR) is 168 cm³/mol. The summed E-state index contributed by atoms with van der Waals surface area (Å²) in [7, 11) is 1.39. The number of carbonyl (C=O) groups excluding carboxylic acids is 2. The molecule has 0 unspecified atom stereocenters.